The zero-order valence-corrected chi connectivity index (χ0v) is 12.6. The van der Waals surface area contributed by atoms with E-state index in [0.717, 1.165) is 15.9 Å². The van der Waals surface area contributed by atoms with Crippen molar-refractivity contribution in [2.24, 2.45) is 0 Å². The minimum atomic E-state index is -0.111. The summed E-state index contributed by atoms with van der Waals surface area (Å²) in [5.41, 5.74) is 1.70. The number of benzene rings is 1. The largest absolute Gasteiger partial charge is 0.298 e. The summed E-state index contributed by atoms with van der Waals surface area (Å²) in [7, 11) is 0. The molecule has 0 amide bonds. The van der Waals surface area contributed by atoms with Crippen molar-refractivity contribution in [2.75, 3.05) is 5.75 Å². The molecule has 0 atom stereocenters. The number of fused-ring (bicyclic) bond motifs is 1. The van der Waals surface area contributed by atoms with Crippen molar-refractivity contribution in [1.29, 1.82) is 0 Å². The topological polar surface area (TPSA) is 52.0 Å². The predicted molar refractivity (Wildman–Crippen MR) is 80.9 cm³/mol. The number of halogens is 1. The first-order valence-electron chi connectivity index (χ1n) is 5.85. The molecular weight excluding hydrogens is 340 g/mol. The number of carbonyl (C=O) groups excluding carboxylic acids is 2. The Balaban J connectivity index is 2.02. The number of hydrogen-bond donors (Lipinski definition) is 0. The van der Waals surface area contributed by atoms with Gasteiger partial charge >= 0.3 is 0 Å². The number of carbonyl (C=O) groups is 2. The summed E-state index contributed by atoms with van der Waals surface area (Å²) in [5.74, 6) is 0.479. The molecule has 2 heterocycles. The summed E-state index contributed by atoms with van der Waals surface area (Å²) in [4.78, 5) is 27.6. The molecule has 1 aliphatic rings. The molecule has 1 aromatic heterocycles. The molecule has 100 valence electrons. The molecule has 1 aromatic carbocycles. The number of aldehydes is 1. The van der Waals surface area contributed by atoms with Crippen LogP contribution in [0, 0.1) is 0 Å². The Hall–Kier alpha value is -1.66. The molecule has 2 aromatic rings. The van der Waals surface area contributed by atoms with Gasteiger partial charge in [0, 0.05) is 27.6 Å². The van der Waals surface area contributed by atoms with Crippen molar-refractivity contribution in [1.82, 2.24) is 9.55 Å². The highest BCUT2D eigenvalue weighted by Crippen LogP contribution is 2.27. The van der Waals surface area contributed by atoms with E-state index in [1.54, 1.807) is 29.1 Å². The van der Waals surface area contributed by atoms with Gasteiger partial charge in [-0.3, -0.25) is 14.2 Å². The van der Waals surface area contributed by atoms with Crippen LogP contribution in [0.5, 0.6) is 0 Å². The Bertz CT molecular complexity index is 719. The summed E-state index contributed by atoms with van der Waals surface area (Å²) in [6.45, 7) is 0. The molecule has 0 fully saturated rings. The number of aromatic nitrogens is 2. The molecule has 0 bridgehead atoms. The Morgan fingerprint density at radius 3 is 2.80 bits per heavy atom. The second-order valence-electron chi connectivity index (χ2n) is 4.24. The van der Waals surface area contributed by atoms with Crippen LogP contribution >= 0.6 is 27.7 Å². The van der Waals surface area contributed by atoms with Crippen molar-refractivity contribution in [2.45, 2.75) is 5.16 Å². The molecule has 6 heteroatoms. The lowest BCUT2D eigenvalue weighted by Gasteiger charge is -2.12. The van der Waals surface area contributed by atoms with E-state index in [-0.39, 0.29) is 5.78 Å². The highest BCUT2D eigenvalue weighted by Gasteiger charge is 2.20. The van der Waals surface area contributed by atoms with Gasteiger partial charge in [-0.15, -0.1) is 0 Å². The summed E-state index contributed by atoms with van der Waals surface area (Å²) >= 11 is 4.79. The standard InChI is InChI=1S/C14H9BrN2O2S/c15-11-3-1-10(2-4-11)13(19)12-5-16-14-17(12)6-9(7-18)8-20-14/h1-7H,8H2. The van der Waals surface area contributed by atoms with E-state index in [2.05, 4.69) is 20.9 Å². The van der Waals surface area contributed by atoms with Crippen LogP contribution < -0.4 is 0 Å². The average Bonchev–Trinajstić information content (AvgIpc) is 2.90. The van der Waals surface area contributed by atoms with Crippen molar-refractivity contribution in [3.8, 4) is 0 Å². The zero-order valence-electron chi connectivity index (χ0n) is 10.2. The number of ketones is 1. The first-order chi connectivity index (χ1) is 9.69. The third-order valence-electron chi connectivity index (χ3n) is 2.92. The van der Waals surface area contributed by atoms with Gasteiger partial charge in [0.15, 0.2) is 5.16 Å². The van der Waals surface area contributed by atoms with E-state index >= 15 is 0 Å². The first-order valence-corrected chi connectivity index (χ1v) is 7.63. The van der Waals surface area contributed by atoms with Crippen LogP contribution in [0.15, 0.2) is 45.7 Å². The number of hydrogen-bond acceptors (Lipinski definition) is 4. The van der Waals surface area contributed by atoms with E-state index in [1.165, 1.54) is 11.8 Å². The van der Waals surface area contributed by atoms with Crippen LogP contribution in [0.2, 0.25) is 0 Å². The number of imidazole rings is 1. The molecular formula is C14H9BrN2O2S. The Kier molecular flexibility index (Phi) is 3.58. The normalized spacial score (nSPS) is 13.6. The predicted octanol–water partition coefficient (Wildman–Crippen LogP) is 3.02. The molecule has 4 nitrogen and oxygen atoms in total. The minimum absolute atomic E-state index is 0.111. The van der Waals surface area contributed by atoms with Crippen molar-refractivity contribution >= 4 is 46.0 Å². The lowest BCUT2D eigenvalue weighted by atomic mass is 10.1. The van der Waals surface area contributed by atoms with Crippen LogP contribution in [-0.2, 0) is 4.79 Å². The fourth-order valence-electron chi connectivity index (χ4n) is 1.91. The van der Waals surface area contributed by atoms with Gasteiger partial charge in [-0.1, -0.05) is 27.7 Å². The van der Waals surface area contributed by atoms with Crippen LogP contribution in [0.3, 0.4) is 0 Å². The van der Waals surface area contributed by atoms with Gasteiger partial charge in [-0.05, 0) is 24.3 Å². The highest BCUT2D eigenvalue weighted by atomic mass is 79.9. The molecule has 0 radical (unpaired) electrons. The van der Waals surface area contributed by atoms with E-state index in [0.29, 0.717) is 22.6 Å². The van der Waals surface area contributed by atoms with Crippen LogP contribution in [-0.4, -0.2) is 27.4 Å². The summed E-state index contributed by atoms with van der Waals surface area (Å²) in [6.07, 6.45) is 4.04. The maximum absolute atomic E-state index is 12.5. The first kappa shape index (κ1) is 13.3. The Morgan fingerprint density at radius 2 is 2.10 bits per heavy atom. The fraction of sp³-hybridized carbons (Fsp3) is 0.0714. The second kappa shape index (κ2) is 5.38. The molecule has 0 saturated heterocycles. The van der Waals surface area contributed by atoms with E-state index in [1.807, 2.05) is 12.1 Å². The summed E-state index contributed by atoms with van der Waals surface area (Å²) in [6, 6.07) is 7.16. The maximum atomic E-state index is 12.5. The molecule has 0 unspecified atom stereocenters. The molecule has 0 spiro atoms. The van der Waals surface area contributed by atoms with Crippen LogP contribution in [0.25, 0.3) is 6.20 Å². The summed E-state index contributed by atoms with van der Waals surface area (Å²) in [5, 5.41) is 0.732. The smallest absolute Gasteiger partial charge is 0.211 e. The van der Waals surface area contributed by atoms with Crippen molar-refractivity contribution in [3.05, 3.63) is 51.8 Å². The fourth-order valence-corrected chi connectivity index (χ4v) is 3.03. The van der Waals surface area contributed by atoms with Crippen LogP contribution in [0.1, 0.15) is 16.1 Å². The van der Waals surface area contributed by atoms with E-state index in [4.69, 9.17) is 0 Å². The Labute approximate surface area is 128 Å². The number of thioether (sulfide) groups is 1. The molecule has 0 N–H and O–H groups in total. The molecule has 0 saturated carbocycles. The lowest BCUT2D eigenvalue weighted by Crippen LogP contribution is -2.10. The minimum Gasteiger partial charge on any atom is -0.298 e. The third-order valence-corrected chi connectivity index (χ3v) is 4.48. The van der Waals surface area contributed by atoms with Gasteiger partial charge < -0.3 is 0 Å². The van der Waals surface area contributed by atoms with Crippen molar-refractivity contribution < 1.29 is 9.59 Å². The highest BCUT2D eigenvalue weighted by molar-refractivity contribution is 9.10. The molecule has 1 aliphatic heterocycles. The number of rotatable bonds is 3. The maximum Gasteiger partial charge on any atom is 0.211 e. The summed E-state index contributed by atoms with van der Waals surface area (Å²) < 4.78 is 2.60. The average molecular weight is 349 g/mol. The van der Waals surface area contributed by atoms with Gasteiger partial charge in [0.05, 0.1) is 6.20 Å². The monoisotopic (exact) mass is 348 g/mol. The van der Waals surface area contributed by atoms with Gasteiger partial charge in [-0.2, -0.15) is 0 Å². The molecule has 20 heavy (non-hydrogen) atoms. The SMILES string of the molecule is O=CC1=Cn2c(C(=O)c3ccc(Br)cc3)cnc2SC1. The Morgan fingerprint density at radius 1 is 1.35 bits per heavy atom. The quantitative estimate of drug-likeness (QED) is 0.631. The zero-order chi connectivity index (χ0) is 14.1. The van der Waals surface area contributed by atoms with Gasteiger partial charge in [0.25, 0.3) is 0 Å². The van der Waals surface area contributed by atoms with Crippen LogP contribution in [0.4, 0.5) is 0 Å². The van der Waals surface area contributed by atoms with Crippen molar-refractivity contribution in [3.63, 3.8) is 0 Å². The lowest BCUT2D eigenvalue weighted by molar-refractivity contribution is -0.104. The van der Waals surface area contributed by atoms with E-state index in [9.17, 15) is 9.59 Å². The van der Waals surface area contributed by atoms with E-state index < -0.39 is 0 Å². The number of nitrogens with zero attached hydrogens (tertiary/aromatic N) is 2. The molecule has 3 rings (SSSR count). The van der Waals surface area contributed by atoms with Gasteiger partial charge in [-0.25, -0.2) is 4.98 Å². The van der Waals surface area contributed by atoms with Gasteiger partial charge in [0.1, 0.15) is 12.0 Å². The van der Waals surface area contributed by atoms with Gasteiger partial charge in [0.2, 0.25) is 5.78 Å². The molecule has 0 aliphatic carbocycles. The second-order valence-corrected chi connectivity index (χ2v) is 6.10. The third kappa shape index (κ3) is 2.36.